The Morgan fingerprint density at radius 1 is 1.42 bits per heavy atom. The molecule has 0 saturated carbocycles. The summed E-state index contributed by atoms with van der Waals surface area (Å²) in [5.41, 5.74) is 8.49. The van der Waals surface area contributed by atoms with Crippen molar-refractivity contribution in [1.29, 1.82) is 0 Å². The number of fused-ring (bicyclic) bond motifs is 1. The predicted molar refractivity (Wildman–Crippen MR) is 77.9 cm³/mol. The molecule has 2 atom stereocenters. The van der Waals surface area contributed by atoms with Crippen LogP contribution in [0.1, 0.15) is 37.3 Å². The van der Waals surface area contributed by atoms with Gasteiger partial charge in [0.2, 0.25) is 5.91 Å². The standard InChI is InChI=1S/C16H24N2O/c1-11(2)7-13(9-17)16(19)18-10-14-8-12-5-3-4-6-15(12)14/h3-6,11,13-14H,7-10,17H2,1-2H3,(H,18,19). The number of hydrogen-bond donors (Lipinski definition) is 2. The number of nitrogens with one attached hydrogen (secondary N) is 1. The Morgan fingerprint density at radius 3 is 2.79 bits per heavy atom. The first-order chi connectivity index (χ1) is 9.11. The van der Waals surface area contributed by atoms with E-state index in [0.29, 0.717) is 18.4 Å². The van der Waals surface area contributed by atoms with Gasteiger partial charge in [0.15, 0.2) is 0 Å². The van der Waals surface area contributed by atoms with Gasteiger partial charge in [-0.15, -0.1) is 0 Å². The van der Waals surface area contributed by atoms with Crippen LogP contribution in [0.15, 0.2) is 24.3 Å². The van der Waals surface area contributed by atoms with Gasteiger partial charge in [-0.05, 0) is 29.9 Å². The fraction of sp³-hybridized carbons (Fsp3) is 0.562. The molecule has 3 N–H and O–H groups in total. The second-order valence-electron chi connectivity index (χ2n) is 5.91. The zero-order valence-corrected chi connectivity index (χ0v) is 11.9. The zero-order chi connectivity index (χ0) is 13.8. The van der Waals surface area contributed by atoms with E-state index in [1.807, 2.05) is 0 Å². The summed E-state index contributed by atoms with van der Waals surface area (Å²) in [6.45, 7) is 5.42. The van der Waals surface area contributed by atoms with E-state index < -0.39 is 0 Å². The van der Waals surface area contributed by atoms with Crippen LogP contribution in [0, 0.1) is 11.8 Å². The Balaban J connectivity index is 1.82. The van der Waals surface area contributed by atoms with Crippen LogP contribution in [0.5, 0.6) is 0 Å². The molecule has 19 heavy (non-hydrogen) atoms. The average Bonchev–Trinajstić information content (AvgIpc) is 2.36. The van der Waals surface area contributed by atoms with Crippen molar-refractivity contribution in [2.24, 2.45) is 17.6 Å². The van der Waals surface area contributed by atoms with E-state index in [1.165, 1.54) is 11.1 Å². The van der Waals surface area contributed by atoms with Gasteiger partial charge in [0.25, 0.3) is 0 Å². The van der Waals surface area contributed by atoms with E-state index in [9.17, 15) is 4.79 Å². The van der Waals surface area contributed by atoms with Crippen molar-refractivity contribution in [3.05, 3.63) is 35.4 Å². The lowest BCUT2D eigenvalue weighted by molar-refractivity contribution is -0.125. The van der Waals surface area contributed by atoms with Crippen molar-refractivity contribution in [2.45, 2.75) is 32.6 Å². The van der Waals surface area contributed by atoms with Crippen LogP contribution in [-0.2, 0) is 11.2 Å². The molecule has 0 radical (unpaired) electrons. The number of benzene rings is 1. The predicted octanol–water partition coefficient (Wildman–Crippen LogP) is 2.06. The molecule has 0 aliphatic heterocycles. The number of hydrogen-bond acceptors (Lipinski definition) is 2. The van der Waals surface area contributed by atoms with Crippen LogP contribution in [-0.4, -0.2) is 19.0 Å². The smallest absolute Gasteiger partial charge is 0.224 e. The van der Waals surface area contributed by atoms with Crippen molar-refractivity contribution in [3.8, 4) is 0 Å². The first-order valence-electron chi connectivity index (χ1n) is 7.17. The van der Waals surface area contributed by atoms with Gasteiger partial charge in [-0.3, -0.25) is 4.79 Å². The summed E-state index contributed by atoms with van der Waals surface area (Å²) in [5, 5.41) is 3.06. The van der Waals surface area contributed by atoms with Crippen LogP contribution in [0.2, 0.25) is 0 Å². The first kappa shape index (κ1) is 14.1. The minimum Gasteiger partial charge on any atom is -0.355 e. The Labute approximate surface area is 115 Å². The maximum absolute atomic E-state index is 12.1. The Hall–Kier alpha value is -1.35. The summed E-state index contributed by atoms with van der Waals surface area (Å²) in [4.78, 5) is 12.1. The molecule has 1 aromatic rings. The molecule has 1 aromatic carbocycles. The molecule has 1 aliphatic carbocycles. The molecule has 0 fully saturated rings. The number of nitrogens with two attached hydrogens (primary N) is 1. The largest absolute Gasteiger partial charge is 0.355 e. The number of carbonyl (C=O) groups is 1. The molecule has 2 unspecified atom stereocenters. The minimum atomic E-state index is -0.0460. The van der Waals surface area contributed by atoms with Gasteiger partial charge >= 0.3 is 0 Å². The van der Waals surface area contributed by atoms with Crippen molar-refractivity contribution >= 4 is 5.91 Å². The van der Waals surface area contributed by atoms with Crippen molar-refractivity contribution in [3.63, 3.8) is 0 Å². The Morgan fingerprint density at radius 2 is 2.16 bits per heavy atom. The lowest BCUT2D eigenvalue weighted by Gasteiger charge is -2.30. The average molecular weight is 260 g/mol. The van der Waals surface area contributed by atoms with Crippen LogP contribution < -0.4 is 11.1 Å². The molecule has 104 valence electrons. The van der Waals surface area contributed by atoms with Gasteiger partial charge in [-0.1, -0.05) is 38.1 Å². The van der Waals surface area contributed by atoms with Gasteiger partial charge in [0.05, 0.1) is 5.92 Å². The molecule has 0 aromatic heterocycles. The Bertz CT molecular complexity index is 442. The first-order valence-corrected chi connectivity index (χ1v) is 7.17. The van der Waals surface area contributed by atoms with E-state index >= 15 is 0 Å². The summed E-state index contributed by atoms with van der Waals surface area (Å²) < 4.78 is 0. The van der Waals surface area contributed by atoms with Crippen molar-refractivity contribution < 1.29 is 4.79 Å². The SMILES string of the molecule is CC(C)CC(CN)C(=O)NCC1Cc2ccccc21. The highest BCUT2D eigenvalue weighted by molar-refractivity contribution is 5.79. The topological polar surface area (TPSA) is 55.1 Å². The second kappa shape index (κ2) is 6.20. The Kier molecular flexibility index (Phi) is 4.59. The molecular formula is C16H24N2O. The van der Waals surface area contributed by atoms with Crippen molar-refractivity contribution in [1.82, 2.24) is 5.32 Å². The third-order valence-electron chi connectivity index (χ3n) is 3.90. The fourth-order valence-electron chi connectivity index (χ4n) is 2.79. The van der Waals surface area contributed by atoms with Gasteiger partial charge in [-0.25, -0.2) is 0 Å². The summed E-state index contributed by atoms with van der Waals surface area (Å²) in [5.74, 6) is 1.05. The van der Waals surface area contributed by atoms with E-state index in [1.54, 1.807) is 0 Å². The molecule has 1 amide bonds. The van der Waals surface area contributed by atoms with Gasteiger partial charge in [0.1, 0.15) is 0 Å². The highest BCUT2D eigenvalue weighted by atomic mass is 16.1. The molecule has 0 bridgehead atoms. The molecule has 1 aliphatic rings. The lowest BCUT2D eigenvalue weighted by atomic mass is 9.77. The highest BCUT2D eigenvalue weighted by Crippen LogP contribution is 2.34. The molecular weight excluding hydrogens is 236 g/mol. The molecule has 0 saturated heterocycles. The van der Waals surface area contributed by atoms with Crippen LogP contribution in [0.3, 0.4) is 0 Å². The third kappa shape index (κ3) is 3.35. The van der Waals surface area contributed by atoms with Crippen LogP contribution >= 0.6 is 0 Å². The van der Waals surface area contributed by atoms with E-state index in [-0.39, 0.29) is 11.8 Å². The van der Waals surface area contributed by atoms with E-state index in [2.05, 4.69) is 43.4 Å². The summed E-state index contributed by atoms with van der Waals surface area (Å²) >= 11 is 0. The van der Waals surface area contributed by atoms with Gasteiger partial charge in [0, 0.05) is 19.0 Å². The number of carbonyl (C=O) groups excluding carboxylic acids is 1. The van der Waals surface area contributed by atoms with Gasteiger partial charge < -0.3 is 11.1 Å². The second-order valence-corrected chi connectivity index (χ2v) is 5.91. The summed E-state index contributed by atoms with van der Waals surface area (Å²) in [7, 11) is 0. The normalized spacial score (nSPS) is 18.6. The van der Waals surface area contributed by atoms with Crippen molar-refractivity contribution in [2.75, 3.05) is 13.1 Å². The maximum atomic E-state index is 12.1. The maximum Gasteiger partial charge on any atom is 0.224 e. The van der Waals surface area contributed by atoms with Gasteiger partial charge in [-0.2, -0.15) is 0 Å². The number of amides is 1. The van der Waals surface area contributed by atoms with Crippen LogP contribution in [0.4, 0.5) is 0 Å². The van der Waals surface area contributed by atoms with E-state index in [0.717, 1.165) is 19.4 Å². The molecule has 2 rings (SSSR count). The quantitative estimate of drug-likeness (QED) is 0.822. The summed E-state index contributed by atoms with van der Waals surface area (Å²) in [6, 6.07) is 8.45. The third-order valence-corrected chi connectivity index (χ3v) is 3.90. The highest BCUT2D eigenvalue weighted by Gasteiger charge is 2.26. The molecule has 3 nitrogen and oxygen atoms in total. The monoisotopic (exact) mass is 260 g/mol. The fourth-order valence-corrected chi connectivity index (χ4v) is 2.79. The summed E-state index contributed by atoms with van der Waals surface area (Å²) in [6.07, 6.45) is 1.94. The minimum absolute atomic E-state index is 0.0460. The zero-order valence-electron chi connectivity index (χ0n) is 11.9. The molecule has 3 heteroatoms. The lowest BCUT2D eigenvalue weighted by Crippen LogP contribution is -2.39. The van der Waals surface area contributed by atoms with E-state index in [4.69, 9.17) is 5.73 Å². The number of rotatable bonds is 6. The van der Waals surface area contributed by atoms with Crippen LogP contribution in [0.25, 0.3) is 0 Å². The molecule has 0 heterocycles. The molecule has 0 spiro atoms.